The van der Waals surface area contributed by atoms with Gasteiger partial charge in [0.2, 0.25) is 0 Å². The number of fused-ring (bicyclic) bond motifs is 1. The molecule has 4 aromatic rings. The van der Waals surface area contributed by atoms with E-state index in [1.165, 1.54) is 23.6 Å². The molecule has 0 aliphatic heterocycles. The van der Waals surface area contributed by atoms with Crippen LogP contribution in [0.3, 0.4) is 0 Å². The molecule has 176 valence electrons. The topological polar surface area (TPSA) is 96.9 Å². The number of para-hydroxylation sites is 1. The molecule has 0 spiro atoms. The van der Waals surface area contributed by atoms with Crippen LogP contribution in [0.15, 0.2) is 71.8 Å². The fourth-order valence-corrected chi connectivity index (χ4v) is 4.69. The van der Waals surface area contributed by atoms with E-state index in [1.807, 2.05) is 24.3 Å². The quantitative estimate of drug-likeness (QED) is 0.103. The number of thiophene rings is 1. The standard InChI is InChI=1S/C24H14Cl3N3O4S/c25-15-8-5-9-16(20(15)27)29-22(31)23(32)30-28-12-13-6-1-3-10-17(13)34-24(33)21-19(26)14-7-2-4-11-18(14)35-21/h1-12H,(H,29,31)(H,30,32)/b28-12+. The van der Waals surface area contributed by atoms with Crippen LogP contribution in [0.2, 0.25) is 15.1 Å². The van der Waals surface area contributed by atoms with Crippen molar-refractivity contribution in [1.29, 1.82) is 0 Å². The van der Waals surface area contributed by atoms with E-state index in [1.54, 1.807) is 36.4 Å². The van der Waals surface area contributed by atoms with Crippen molar-refractivity contribution in [2.75, 3.05) is 5.32 Å². The average molecular weight is 547 g/mol. The molecule has 11 heteroatoms. The van der Waals surface area contributed by atoms with E-state index < -0.39 is 17.8 Å². The number of carbonyl (C=O) groups excluding carboxylic acids is 3. The zero-order chi connectivity index (χ0) is 24.9. The largest absolute Gasteiger partial charge is 0.422 e. The number of nitrogens with zero attached hydrogens (tertiary/aromatic N) is 1. The minimum Gasteiger partial charge on any atom is -0.422 e. The second kappa shape index (κ2) is 10.9. The first-order valence-corrected chi connectivity index (χ1v) is 11.9. The van der Waals surface area contributed by atoms with Crippen LogP contribution in [0.25, 0.3) is 10.1 Å². The highest BCUT2D eigenvalue weighted by Gasteiger charge is 2.20. The van der Waals surface area contributed by atoms with Crippen molar-refractivity contribution in [3.05, 3.63) is 92.2 Å². The van der Waals surface area contributed by atoms with Gasteiger partial charge in [0.15, 0.2) is 0 Å². The average Bonchev–Trinajstić information content (AvgIpc) is 3.19. The lowest BCUT2D eigenvalue weighted by molar-refractivity contribution is -0.136. The third-order valence-electron chi connectivity index (χ3n) is 4.62. The van der Waals surface area contributed by atoms with Gasteiger partial charge in [-0.05, 0) is 30.3 Å². The minimum atomic E-state index is -1.04. The van der Waals surface area contributed by atoms with Crippen molar-refractivity contribution in [2.24, 2.45) is 5.10 Å². The van der Waals surface area contributed by atoms with E-state index in [4.69, 9.17) is 39.5 Å². The number of hydrazone groups is 1. The Morgan fingerprint density at radius 1 is 0.857 bits per heavy atom. The van der Waals surface area contributed by atoms with E-state index in [9.17, 15) is 14.4 Å². The Kier molecular flexibility index (Phi) is 7.67. The summed E-state index contributed by atoms with van der Waals surface area (Å²) in [4.78, 5) is 37.2. The van der Waals surface area contributed by atoms with Gasteiger partial charge in [-0.1, -0.05) is 71.2 Å². The summed E-state index contributed by atoms with van der Waals surface area (Å²) in [5.74, 6) is -2.47. The number of rotatable bonds is 5. The van der Waals surface area contributed by atoms with Gasteiger partial charge in [-0.25, -0.2) is 10.2 Å². The van der Waals surface area contributed by atoms with Crippen LogP contribution < -0.4 is 15.5 Å². The first kappa shape index (κ1) is 24.7. The molecule has 0 saturated heterocycles. The number of carbonyl (C=O) groups is 3. The predicted octanol–water partition coefficient (Wildman–Crippen LogP) is 6.17. The summed E-state index contributed by atoms with van der Waals surface area (Å²) >= 11 is 19.5. The van der Waals surface area contributed by atoms with Crippen molar-refractivity contribution in [2.45, 2.75) is 0 Å². The summed E-state index contributed by atoms with van der Waals surface area (Å²) in [6, 6.07) is 18.5. The maximum atomic E-state index is 12.8. The molecule has 0 aliphatic carbocycles. The summed E-state index contributed by atoms with van der Waals surface area (Å²) in [5, 5.41) is 7.54. The zero-order valence-electron chi connectivity index (χ0n) is 17.6. The fourth-order valence-electron chi connectivity index (χ4n) is 2.96. The van der Waals surface area contributed by atoms with Crippen LogP contribution in [-0.2, 0) is 9.59 Å². The summed E-state index contributed by atoms with van der Waals surface area (Å²) in [5.41, 5.74) is 2.67. The monoisotopic (exact) mass is 545 g/mol. The van der Waals surface area contributed by atoms with Gasteiger partial charge < -0.3 is 10.1 Å². The van der Waals surface area contributed by atoms with Crippen molar-refractivity contribution < 1.29 is 19.1 Å². The number of halogens is 3. The van der Waals surface area contributed by atoms with Crippen LogP contribution >= 0.6 is 46.1 Å². The zero-order valence-corrected chi connectivity index (χ0v) is 20.6. The number of nitrogens with one attached hydrogen (secondary N) is 2. The maximum absolute atomic E-state index is 12.8. The molecule has 0 aliphatic rings. The third-order valence-corrected chi connectivity index (χ3v) is 7.09. The summed E-state index contributed by atoms with van der Waals surface area (Å²) < 4.78 is 6.39. The molecule has 1 heterocycles. The van der Waals surface area contributed by atoms with Crippen molar-refractivity contribution in [1.82, 2.24) is 5.43 Å². The second-order valence-electron chi connectivity index (χ2n) is 6.92. The highest BCUT2D eigenvalue weighted by atomic mass is 35.5. The molecule has 0 unspecified atom stereocenters. The van der Waals surface area contributed by atoms with E-state index >= 15 is 0 Å². The molecule has 2 amide bonds. The number of hydrogen-bond donors (Lipinski definition) is 2. The van der Waals surface area contributed by atoms with Gasteiger partial charge in [0.1, 0.15) is 10.6 Å². The lowest BCUT2D eigenvalue weighted by Gasteiger charge is -2.07. The molecular formula is C24H14Cl3N3O4S. The Morgan fingerprint density at radius 2 is 1.60 bits per heavy atom. The Hall–Kier alpha value is -3.43. The molecule has 0 bridgehead atoms. The number of anilines is 1. The molecule has 4 rings (SSSR count). The minimum absolute atomic E-state index is 0.105. The lowest BCUT2D eigenvalue weighted by atomic mass is 10.2. The first-order valence-electron chi connectivity index (χ1n) is 9.92. The smallest absolute Gasteiger partial charge is 0.355 e. The van der Waals surface area contributed by atoms with E-state index in [0.717, 1.165) is 10.1 Å². The van der Waals surface area contributed by atoms with Crippen LogP contribution in [0.5, 0.6) is 5.75 Å². The fraction of sp³-hybridized carbons (Fsp3) is 0. The van der Waals surface area contributed by atoms with E-state index in [2.05, 4.69) is 15.8 Å². The number of ether oxygens (including phenoxy) is 1. The Balaban J connectivity index is 1.43. The van der Waals surface area contributed by atoms with Gasteiger partial charge in [0, 0.05) is 15.6 Å². The third kappa shape index (κ3) is 5.63. The van der Waals surface area contributed by atoms with E-state index in [-0.39, 0.29) is 26.4 Å². The molecule has 35 heavy (non-hydrogen) atoms. The van der Waals surface area contributed by atoms with E-state index in [0.29, 0.717) is 10.6 Å². The van der Waals surface area contributed by atoms with Crippen molar-refractivity contribution in [3.63, 3.8) is 0 Å². The molecule has 2 N–H and O–H groups in total. The summed E-state index contributed by atoms with van der Waals surface area (Å²) in [6.45, 7) is 0. The van der Waals surface area contributed by atoms with Gasteiger partial charge in [-0.3, -0.25) is 9.59 Å². The van der Waals surface area contributed by atoms with Crippen molar-refractivity contribution in [3.8, 4) is 5.75 Å². The SMILES string of the molecule is O=C(N/N=C/c1ccccc1OC(=O)c1sc2ccccc2c1Cl)C(=O)Nc1cccc(Cl)c1Cl. The normalized spacial score (nSPS) is 10.9. The number of esters is 1. The lowest BCUT2D eigenvalue weighted by Crippen LogP contribution is -2.32. The molecule has 0 fully saturated rings. The molecule has 7 nitrogen and oxygen atoms in total. The molecule has 0 radical (unpaired) electrons. The number of hydrogen-bond acceptors (Lipinski definition) is 6. The van der Waals surface area contributed by atoms with Gasteiger partial charge >= 0.3 is 17.8 Å². The molecule has 1 aromatic heterocycles. The maximum Gasteiger partial charge on any atom is 0.355 e. The summed E-state index contributed by atoms with van der Waals surface area (Å²) in [7, 11) is 0. The van der Waals surface area contributed by atoms with Crippen LogP contribution in [-0.4, -0.2) is 24.0 Å². The Bertz CT molecular complexity index is 1490. The first-order chi connectivity index (χ1) is 16.8. The summed E-state index contributed by atoms with van der Waals surface area (Å²) in [6.07, 6.45) is 1.24. The number of amides is 2. The number of benzene rings is 3. The van der Waals surface area contributed by atoms with Gasteiger partial charge in [-0.15, -0.1) is 11.3 Å². The van der Waals surface area contributed by atoms with Crippen molar-refractivity contribution >= 4 is 85.9 Å². The Labute approximate surface area is 218 Å². The molecule has 3 aromatic carbocycles. The predicted molar refractivity (Wildman–Crippen MR) is 139 cm³/mol. The molecular weight excluding hydrogens is 533 g/mol. The van der Waals surface area contributed by atoms with Crippen LogP contribution in [0.4, 0.5) is 5.69 Å². The highest BCUT2D eigenvalue weighted by Crippen LogP contribution is 2.36. The van der Waals surface area contributed by atoms with Crippen LogP contribution in [0.1, 0.15) is 15.2 Å². The molecule has 0 saturated carbocycles. The highest BCUT2D eigenvalue weighted by molar-refractivity contribution is 7.21. The van der Waals surface area contributed by atoms with Gasteiger partial charge in [-0.2, -0.15) is 5.10 Å². The second-order valence-corrected chi connectivity index (χ2v) is 9.14. The molecule has 0 atom stereocenters. The van der Waals surface area contributed by atoms with Gasteiger partial charge in [0.25, 0.3) is 0 Å². The van der Waals surface area contributed by atoms with Gasteiger partial charge in [0.05, 0.1) is 27.0 Å². The Morgan fingerprint density at radius 3 is 2.40 bits per heavy atom. The van der Waals surface area contributed by atoms with Crippen LogP contribution in [0, 0.1) is 0 Å².